The summed E-state index contributed by atoms with van der Waals surface area (Å²) in [6, 6.07) is 7.33. The Morgan fingerprint density at radius 2 is 2.00 bits per heavy atom. The number of benzene rings is 1. The van der Waals surface area contributed by atoms with Crippen LogP contribution >= 0.6 is 15.9 Å². The maximum atomic E-state index is 12.4. The molecular weight excluding hydrogens is 364 g/mol. The van der Waals surface area contributed by atoms with Crippen LogP contribution in [0.1, 0.15) is 25.7 Å². The Balaban J connectivity index is 1.71. The molecule has 1 atom stereocenters. The first kappa shape index (κ1) is 16.0. The van der Waals surface area contributed by atoms with Crippen molar-refractivity contribution < 1.29 is 19.5 Å². The van der Waals surface area contributed by atoms with Gasteiger partial charge in [0.15, 0.2) is 0 Å². The van der Waals surface area contributed by atoms with E-state index in [9.17, 15) is 19.5 Å². The molecule has 7 heteroatoms. The van der Waals surface area contributed by atoms with E-state index in [0.29, 0.717) is 12.8 Å². The van der Waals surface area contributed by atoms with Crippen LogP contribution in [0.25, 0.3) is 0 Å². The zero-order chi connectivity index (χ0) is 16.6. The molecule has 122 valence electrons. The molecule has 1 aromatic rings. The number of nitrogens with zero attached hydrogens (tertiary/aromatic N) is 1. The number of carboxylic acids is 1. The zero-order valence-corrected chi connectivity index (χ0v) is 14.0. The number of hydrogen-bond acceptors (Lipinski definition) is 3. The summed E-state index contributed by atoms with van der Waals surface area (Å²) >= 11 is 3.41. The van der Waals surface area contributed by atoms with Crippen LogP contribution in [-0.2, 0) is 14.4 Å². The van der Waals surface area contributed by atoms with Crippen LogP contribution in [0.2, 0.25) is 0 Å². The van der Waals surface area contributed by atoms with Crippen molar-refractivity contribution in [3.63, 3.8) is 0 Å². The Kier molecular flexibility index (Phi) is 4.14. The molecule has 2 N–H and O–H groups in total. The standard InChI is InChI=1S/C16H17BrN2O4/c17-11-4-1-2-5-12(11)19-9-10(8-13(19)20)14(21)18-16(15(22)23)6-3-7-16/h1-2,4-5,10H,3,6-9H2,(H,18,21)(H,22,23)/t10-/m0/s1. The van der Waals surface area contributed by atoms with Crippen LogP contribution in [0, 0.1) is 5.92 Å². The van der Waals surface area contributed by atoms with Gasteiger partial charge in [0.25, 0.3) is 0 Å². The molecule has 1 saturated heterocycles. The summed E-state index contributed by atoms with van der Waals surface area (Å²) in [5, 5.41) is 11.9. The van der Waals surface area contributed by atoms with Crippen LogP contribution in [0.3, 0.4) is 0 Å². The summed E-state index contributed by atoms with van der Waals surface area (Å²) in [6.45, 7) is 0.267. The molecule has 0 bridgehead atoms. The molecule has 1 aliphatic heterocycles. The summed E-state index contributed by atoms with van der Waals surface area (Å²) in [7, 11) is 0. The average molecular weight is 381 g/mol. The van der Waals surface area contributed by atoms with Gasteiger partial charge in [-0.25, -0.2) is 4.79 Å². The van der Waals surface area contributed by atoms with Gasteiger partial charge in [0, 0.05) is 17.4 Å². The van der Waals surface area contributed by atoms with E-state index in [4.69, 9.17) is 0 Å². The van der Waals surface area contributed by atoms with Gasteiger partial charge in [0.1, 0.15) is 5.54 Å². The topological polar surface area (TPSA) is 86.7 Å². The largest absolute Gasteiger partial charge is 0.480 e. The Morgan fingerprint density at radius 3 is 2.57 bits per heavy atom. The van der Waals surface area contributed by atoms with Gasteiger partial charge in [-0.2, -0.15) is 0 Å². The van der Waals surface area contributed by atoms with E-state index in [0.717, 1.165) is 16.6 Å². The first-order valence-electron chi connectivity index (χ1n) is 7.53. The van der Waals surface area contributed by atoms with Gasteiger partial charge in [-0.05, 0) is 47.3 Å². The minimum Gasteiger partial charge on any atom is -0.480 e. The highest BCUT2D eigenvalue weighted by Gasteiger charge is 2.47. The highest BCUT2D eigenvalue weighted by molar-refractivity contribution is 9.10. The lowest BCUT2D eigenvalue weighted by Gasteiger charge is -2.38. The van der Waals surface area contributed by atoms with E-state index < -0.39 is 17.4 Å². The smallest absolute Gasteiger partial charge is 0.329 e. The first-order valence-corrected chi connectivity index (χ1v) is 8.32. The maximum Gasteiger partial charge on any atom is 0.329 e. The number of hydrogen-bond donors (Lipinski definition) is 2. The number of carboxylic acid groups (broad SMARTS) is 1. The molecule has 1 heterocycles. The molecule has 0 spiro atoms. The molecule has 6 nitrogen and oxygen atoms in total. The minimum atomic E-state index is -1.14. The number of nitrogens with one attached hydrogen (secondary N) is 1. The molecule has 3 rings (SSSR count). The monoisotopic (exact) mass is 380 g/mol. The van der Waals surface area contributed by atoms with E-state index in [2.05, 4.69) is 21.2 Å². The molecule has 1 aliphatic carbocycles. The molecule has 1 aromatic carbocycles. The molecule has 0 radical (unpaired) electrons. The number of carbonyl (C=O) groups is 3. The molecule has 0 unspecified atom stereocenters. The summed E-state index contributed by atoms with van der Waals surface area (Å²) in [6.07, 6.45) is 1.79. The Labute approximate surface area is 142 Å². The quantitative estimate of drug-likeness (QED) is 0.835. The summed E-state index contributed by atoms with van der Waals surface area (Å²) in [5.41, 5.74) is -0.412. The van der Waals surface area contributed by atoms with Gasteiger partial charge in [0.2, 0.25) is 11.8 Å². The van der Waals surface area contributed by atoms with E-state index in [1.54, 1.807) is 4.90 Å². The molecule has 2 amide bonds. The lowest BCUT2D eigenvalue weighted by Crippen LogP contribution is -2.60. The van der Waals surface area contributed by atoms with Crippen molar-refractivity contribution in [2.75, 3.05) is 11.4 Å². The van der Waals surface area contributed by atoms with Crippen molar-refractivity contribution in [1.29, 1.82) is 0 Å². The predicted octanol–water partition coefficient (Wildman–Crippen LogP) is 1.93. The summed E-state index contributed by atoms with van der Waals surface area (Å²) < 4.78 is 0.787. The zero-order valence-electron chi connectivity index (χ0n) is 12.4. The second-order valence-electron chi connectivity index (χ2n) is 6.09. The van der Waals surface area contributed by atoms with Crippen LogP contribution in [0.5, 0.6) is 0 Å². The molecule has 2 fully saturated rings. The van der Waals surface area contributed by atoms with Crippen molar-refractivity contribution in [2.45, 2.75) is 31.2 Å². The Hall–Kier alpha value is -1.89. The van der Waals surface area contributed by atoms with Gasteiger partial charge in [-0.3, -0.25) is 9.59 Å². The van der Waals surface area contributed by atoms with E-state index in [-0.39, 0.29) is 24.8 Å². The number of anilines is 1. The average Bonchev–Trinajstić information content (AvgIpc) is 2.85. The highest BCUT2D eigenvalue weighted by atomic mass is 79.9. The third kappa shape index (κ3) is 2.85. The normalized spacial score (nSPS) is 22.6. The number of halogens is 1. The first-order chi connectivity index (χ1) is 10.9. The molecule has 23 heavy (non-hydrogen) atoms. The molecular formula is C16H17BrN2O4. The molecule has 1 saturated carbocycles. The third-order valence-corrected chi connectivity index (χ3v) is 5.29. The van der Waals surface area contributed by atoms with Crippen molar-refractivity contribution in [3.8, 4) is 0 Å². The van der Waals surface area contributed by atoms with Crippen LogP contribution < -0.4 is 10.2 Å². The fourth-order valence-corrected chi connectivity index (χ4v) is 3.55. The van der Waals surface area contributed by atoms with E-state index in [1.807, 2.05) is 24.3 Å². The molecule has 2 aliphatic rings. The van der Waals surface area contributed by atoms with Crippen LogP contribution in [0.15, 0.2) is 28.7 Å². The van der Waals surface area contributed by atoms with Crippen molar-refractivity contribution in [3.05, 3.63) is 28.7 Å². The third-order valence-electron chi connectivity index (χ3n) is 4.62. The molecule has 0 aromatic heterocycles. The van der Waals surface area contributed by atoms with Gasteiger partial charge >= 0.3 is 5.97 Å². The number of rotatable bonds is 4. The van der Waals surface area contributed by atoms with Gasteiger partial charge in [-0.1, -0.05) is 12.1 Å². The maximum absolute atomic E-state index is 12.4. The van der Waals surface area contributed by atoms with Crippen molar-refractivity contribution in [1.82, 2.24) is 5.32 Å². The number of carbonyl (C=O) groups excluding carboxylic acids is 2. The number of aliphatic carboxylic acids is 1. The van der Waals surface area contributed by atoms with E-state index in [1.165, 1.54) is 0 Å². The van der Waals surface area contributed by atoms with Gasteiger partial charge in [-0.15, -0.1) is 0 Å². The minimum absolute atomic E-state index is 0.100. The van der Waals surface area contributed by atoms with Gasteiger partial charge in [0.05, 0.1) is 11.6 Å². The van der Waals surface area contributed by atoms with Crippen molar-refractivity contribution in [2.24, 2.45) is 5.92 Å². The van der Waals surface area contributed by atoms with Crippen molar-refractivity contribution >= 4 is 39.4 Å². The number of para-hydroxylation sites is 1. The second kappa shape index (κ2) is 5.96. The fourth-order valence-electron chi connectivity index (χ4n) is 3.05. The van der Waals surface area contributed by atoms with E-state index >= 15 is 0 Å². The lowest BCUT2D eigenvalue weighted by atomic mass is 9.76. The highest BCUT2D eigenvalue weighted by Crippen LogP contribution is 2.34. The Bertz CT molecular complexity index is 672. The summed E-state index contributed by atoms with van der Waals surface area (Å²) in [5.74, 6) is -2.00. The SMILES string of the molecule is O=C(NC1(C(=O)O)CCC1)[C@H]1CC(=O)N(c2ccccc2Br)C1. The predicted molar refractivity (Wildman–Crippen MR) is 87.0 cm³/mol. The lowest BCUT2D eigenvalue weighted by molar-refractivity contribution is -0.152. The van der Waals surface area contributed by atoms with Gasteiger partial charge < -0.3 is 15.3 Å². The summed E-state index contributed by atoms with van der Waals surface area (Å²) in [4.78, 5) is 37.6. The second-order valence-corrected chi connectivity index (χ2v) is 6.94. The van der Waals surface area contributed by atoms with Crippen LogP contribution in [-0.4, -0.2) is 35.0 Å². The number of amides is 2. The fraction of sp³-hybridized carbons (Fsp3) is 0.438. The van der Waals surface area contributed by atoms with Crippen LogP contribution in [0.4, 0.5) is 5.69 Å². The Morgan fingerprint density at radius 1 is 1.30 bits per heavy atom.